The zero-order valence-corrected chi connectivity index (χ0v) is 11.8. The van der Waals surface area contributed by atoms with Gasteiger partial charge in [0.2, 0.25) is 5.91 Å². The van der Waals surface area contributed by atoms with Gasteiger partial charge in [0, 0.05) is 12.1 Å². The van der Waals surface area contributed by atoms with Crippen LogP contribution in [0.4, 0.5) is 15.8 Å². The Kier molecular flexibility index (Phi) is 5.30. The average Bonchev–Trinajstić information content (AvgIpc) is 2.31. The quantitative estimate of drug-likeness (QED) is 0.768. The summed E-state index contributed by atoms with van der Waals surface area (Å²) in [7, 11) is 0. The minimum atomic E-state index is -0.391. The van der Waals surface area contributed by atoms with Gasteiger partial charge >= 0.3 is 0 Å². The van der Waals surface area contributed by atoms with E-state index in [1.54, 1.807) is 19.9 Å². The van der Waals surface area contributed by atoms with E-state index in [1.165, 1.54) is 12.1 Å². The van der Waals surface area contributed by atoms with Gasteiger partial charge in [0.25, 0.3) is 0 Å². The molecule has 1 rings (SSSR count). The van der Waals surface area contributed by atoms with Crippen molar-refractivity contribution < 1.29 is 9.18 Å². The molecule has 2 atom stereocenters. The van der Waals surface area contributed by atoms with Gasteiger partial charge in [-0.05, 0) is 39.0 Å². The fourth-order valence-corrected chi connectivity index (χ4v) is 1.54. The minimum Gasteiger partial charge on any atom is -0.381 e. The smallest absolute Gasteiger partial charge is 0.228 e. The Balaban J connectivity index is 2.92. The highest BCUT2D eigenvalue weighted by atomic mass is 19.1. The lowest BCUT2D eigenvalue weighted by Gasteiger charge is -2.19. The molecule has 0 saturated carbocycles. The zero-order valence-electron chi connectivity index (χ0n) is 11.8. The van der Waals surface area contributed by atoms with Gasteiger partial charge < -0.3 is 16.4 Å². The van der Waals surface area contributed by atoms with E-state index >= 15 is 0 Å². The summed E-state index contributed by atoms with van der Waals surface area (Å²) in [5, 5.41) is 5.88. The molecule has 0 aliphatic rings. The van der Waals surface area contributed by atoms with Gasteiger partial charge in [0.1, 0.15) is 5.82 Å². The maximum Gasteiger partial charge on any atom is 0.228 e. The molecule has 0 aromatic heterocycles. The lowest BCUT2D eigenvalue weighted by atomic mass is 10.0. The van der Waals surface area contributed by atoms with Crippen LogP contribution >= 0.6 is 0 Å². The standard InChI is InChI=1S/C14H22FN3O/c1-8(2)17-12-6-5-11(15)7-13(12)18-14(19)9(3)10(4)16/h5-10,17H,16H2,1-4H3,(H,18,19). The maximum atomic E-state index is 13.3. The van der Waals surface area contributed by atoms with Crippen LogP contribution in [0.15, 0.2) is 18.2 Å². The largest absolute Gasteiger partial charge is 0.381 e. The molecule has 0 saturated heterocycles. The molecule has 106 valence electrons. The summed E-state index contributed by atoms with van der Waals surface area (Å²) in [6.07, 6.45) is 0. The van der Waals surface area contributed by atoms with E-state index in [0.29, 0.717) is 11.4 Å². The summed E-state index contributed by atoms with van der Waals surface area (Å²) >= 11 is 0. The van der Waals surface area contributed by atoms with E-state index in [2.05, 4.69) is 10.6 Å². The Hall–Kier alpha value is -1.62. The summed E-state index contributed by atoms with van der Waals surface area (Å²) in [6, 6.07) is 4.20. The third kappa shape index (κ3) is 4.52. The van der Waals surface area contributed by atoms with E-state index in [1.807, 2.05) is 13.8 Å². The first-order valence-electron chi connectivity index (χ1n) is 6.43. The van der Waals surface area contributed by atoms with Crippen LogP contribution in [0.3, 0.4) is 0 Å². The zero-order chi connectivity index (χ0) is 14.6. The lowest BCUT2D eigenvalue weighted by molar-refractivity contribution is -0.119. The molecule has 2 unspecified atom stereocenters. The molecule has 0 bridgehead atoms. The molecule has 1 aromatic rings. The summed E-state index contributed by atoms with van der Waals surface area (Å²) in [4.78, 5) is 12.0. The van der Waals surface area contributed by atoms with Gasteiger partial charge in [-0.2, -0.15) is 0 Å². The molecule has 0 aliphatic heterocycles. The second kappa shape index (κ2) is 6.52. The molecule has 5 heteroatoms. The third-order valence-corrected chi connectivity index (χ3v) is 2.89. The Labute approximate surface area is 113 Å². The average molecular weight is 267 g/mol. The van der Waals surface area contributed by atoms with Crippen molar-refractivity contribution in [3.63, 3.8) is 0 Å². The van der Waals surface area contributed by atoms with Gasteiger partial charge in [-0.3, -0.25) is 4.79 Å². The number of nitrogens with one attached hydrogen (secondary N) is 2. The van der Waals surface area contributed by atoms with Gasteiger partial charge in [-0.1, -0.05) is 6.92 Å². The third-order valence-electron chi connectivity index (χ3n) is 2.89. The summed E-state index contributed by atoms with van der Waals surface area (Å²) in [6.45, 7) is 7.46. The predicted octanol–water partition coefficient (Wildman–Crippen LogP) is 2.57. The Morgan fingerprint density at radius 1 is 1.21 bits per heavy atom. The lowest BCUT2D eigenvalue weighted by Crippen LogP contribution is -2.34. The molecule has 0 heterocycles. The molecule has 1 amide bonds. The Morgan fingerprint density at radius 2 is 1.84 bits per heavy atom. The molecule has 0 fully saturated rings. The van der Waals surface area contributed by atoms with Crippen LogP contribution in [0.2, 0.25) is 0 Å². The van der Waals surface area contributed by atoms with E-state index in [9.17, 15) is 9.18 Å². The van der Waals surface area contributed by atoms with Crippen molar-refractivity contribution in [2.75, 3.05) is 10.6 Å². The fraction of sp³-hybridized carbons (Fsp3) is 0.500. The van der Waals surface area contributed by atoms with Crippen LogP contribution in [0.25, 0.3) is 0 Å². The van der Waals surface area contributed by atoms with Crippen LogP contribution in [-0.2, 0) is 4.79 Å². The van der Waals surface area contributed by atoms with Crippen molar-refractivity contribution in [1.29, 1.82) is 0 Å². The number of rotatable bonds is 5. The number of carbonyl (C=O) groups excluding carboxylic acids is 1. The second-order valence-corrected chi connectivity index (χ2v) is 5.13. The number of hydrogen-bond donors (Lipinski definition) is 3. The van der Waals surface area contributed by atoms with Crippen LogP contribution in [0.5, 0.6) is 0 Å². The first kappa shape index (κ1) is 15.4. The van der Waals surface area contributed by atoms with Crippen LogP contribution in [0, 0.1) is 11.7 Å². The first-order valence-corrected chi connectivity index (χ1v) is 6.43. The monoisotopic (exact) mass is 267 g/mol. The SMILES string of the molecule is CC(C)Nc1ccc(F)cc1NC(=O)C(C)C(C)N. The maximum absolute atomic E-state index is 13.3. The number of hydrogen-bond acceptors (Lipinski definition) is 3. The normalized spacial score (nSPS) is 14.1. The van der Waals surface area contributed by atoms with E-state index < -0.39 is 5.82 Å². The van der Waals surface area contributed by atoms with Crippen molar-refractivity contribution in [3.8, 4) is 0 Å². The van der Waals surface area contributed by atoms with Crippen molar-refractivity contribution in [1.82, 2.24) is 0 Å². The topological polar surface area (TPSA) is 67.1 Å². The predicted molar refractivity (Wildman–Crippen MR) is 76.6 cm³/mol. The molecule has 4 N–H and O–H groups in total. The second-order valence-electron chi connectivity index (χ2n) is 5.13. The molecule has 1 aromatic carbocycles. The minimum absolute atomic E-state index is 0.187. The van der Waals surface area contributed by atoms with Crippen molar-refractivity contribution in [2.45, 2.75) is 39.8 Å². The highest BCUT2D eigenvalue weighted by Gasteiger charge is 2.18. The van der Waals surface area contributed by atoms with Gasteiger partial charge in [0.05, 0.1) is 17.3 Å². The Morgan fingerprint density at radius 3 is 2.37 bits per heavy atom. The fourth-order valence-electron chi connectivity index (χ4n) is 1.54. The van der Waals surface area contributed by atoms with Gasteiger partial charge in [-0.15, -0.1) is 0 Å². The number of benzene rings is 1. The summed E-state index contributed by atoms with van der Waals surface area (Å²) < 4.78 is 13.3. The highest BCUT2D eigenvalue weighted by molar-refractivity contribution is 5.95. The van der Waals surface area contributed by atoms with Gasteiger partial charge in [-0.25, -0.2) is 4.39 Å². The van der Waals surface area contributed by atoms with Crippen molar-refractivity contribution in [3.05, 3.63) is 24.0 Å². The molecule has 4 nitrogen and oxygen atoms in total. The van der Waals surface area contributed by atoms with Gasteiger partial charge in [0.15, 0.2) is 0 Å². The molecule has 19 heavy (non-hydrogen) atoms. The van der Waals surface area contributed by atoms with Crippen LogP contribution in [0.1, 0.15) is 27.7 Å². The first-order chi connectivity index (χ1) is 8.81. The van der Waals surface area contributed by atoms with E-state index in [4.69, 9.17) is 5.73 Å². The number of nitrogens with two attached hydrogens (primary N) is 1. The van der Waals surface area contributed by atoms with Crippen LogP contribution in [-0.4, -0.2) is 18.0 Å². The Bertz CT molecular complexity index is 446. The number of amides is 1. The van der Waals surface area contributed by atoms with Crippen molar-refractivity contribution in [2.24, 2.45) is 11.7 Å². The highest BCUT2D eigenvalue weighted by Crippen LogP contribution is 2.24. The molecule has 0 radical (unpaired) electrons. The number of carbonyl (C=O) groups is 1. The number of halogens is 1. The summed E-state index contributed by atoms with van der Waals surface area (Å²) in [5.74, 6) is -0.944. The van der Waals surface area contributed by atoms with Crippen LogP contribution < -0.4 is 16.4 Å². The summed E-state index contributed by atoms with van der Waals surface area (Å²) in [5.41, 5.74) is 6.82. The van der Waals surface area contributed by atoms with E-state index in [-0.39, 0.29) is 23.9 Å². The van der Waals surface area contributed by atoms with E-state index in [0.717, 1.165) is 0 Å². The van der Waals surface area contributed by atoms with Crippen molar-refractivity contribution >= 4 is 17.3 Å². The molecular weight excluding hydrogens is 245 g/mol. The number of anilines is 2. The molecule has 0 spiro atoms. The molecule has 0 aliphatic carbocycles. The molecular formula is C14H22FN3O.